The molecule has 2 nitrogen and oxygen atoms in total. The van der Waals surface area contributed by atoms with Crippen LogP contribution < -0.4 is 11.5 Å². The summed E-state index contributed by atoms with van der Waals surface area (Å²) in [7, 11) is 0. The van der Waals surface area contributed by atoms with Gasteiger partial charge < -0.3 is 11.5 Å². The molecule has 0 atom stereocenters. The van der Waals surface area contributed by atoms with Gasteiger partial charge in [-0.2, -0.15) is 0 Å². The van der Waals surface area contributed by atoms with Gasteiger partial charge in [-0.05, 0) is 36.2 Å². The lowest BCUT2D eigenvalue weighted by Gasteiger charge is -2.06. The number of nitrogens with two attached hydrogens (primary N) is 2. The normalized spacial score (nSPS) is 10.5. The Morgan fingerprint density at radius 2 is 1.71 bits per heavy atom. The maximum atomic E-state index is 6.16. The zero-order valence-electron chi connectivity index (χ0n) is 9.49. The Morgan fingerprint density at radius 1 is 1.00 bits per heavy atom. The first-order valence-electron chi connectivity index (χ1n) is 5.55. The third-order valence-corrected chi connectivity index (χ3v) is 3.00. The second-order valence-corrected chi connectivity index (χ2v) is 4.38. The molecule has 0 saturated heterocycles. The first-order valence-corrected chi connectivity index (χ1v) is 5.93. The summed E-state index contributed by atoms with van der Waals surface area (Å²) in [6, 6.07) is 13.8. The van der Waals surface area contributed by atoms with Crippen LogP contribution in [-0.4, -0.2) is 6.54 Å². The highest BCUT2D eigenvalue weighted by Crippen LogP contribution is 2.29. The number of hydrogen-bond donors (Lipinski definition) is 2. The van der Waals surface area contributed by atoms with Gasteiger partial charge in [0.25, 0.3) is 0 Å². The highest BCUT2D eigenvalue weighted by Gasteiger charge is 2.03. The molecule has 0 aliphatic rings. The van der Waals surface area contributed by atoms with E-state index in [2.05, 4.69) is 24.3 Å². The lowest BCUT2D eigenvalue weighted by Crippen LogP contribution is -2.02. The Hall–Kier alpha value is -1.51. The highest BCUT2D eigenvalue weighted by atomic mass is 35.5. The Kier molecular flexibility index (Phi) is 3.67. The fourth-order valence-corrected chi connectivity index (χ4v) is 2.08. The van der Waals surface area contributed by atoms with Crippen molar-refractivity contribution >= 4 is 17.3 Å². The van der Waals surface area contributed by atoms with Crippen molar-refractivity contribution in [1.82, 2.24) is 0 Å². The Bertz CT molecular complexity index is 506. The molecule has 0 aliphatic carbocycles. The van der Waals surface area contributed by atoms with Crippen LogP contribution in [0.4, 0.5) is 5.69 Å². The van der Waals surface area contributed by atoms with Crippen molar-refractivity contribution in [2.24, 2.45) is 5.73 Å². The third kappa shape index (κ3) is 2.78. The Morgan fingerprint density at radius 3 is 2.29 bits per heavy atom. The number of anilines is 1. The van der Waals surface area contributed by atoms with E-state index < -0.39 is 0 Å². The largest absolute Gasteiger partial charge is 0.399 e. The number of benzene rings is 2. The number of halogens is 1. The molecule has 3 heteroatoms. The molecule has 0 aliphatic heterocycles. The minimum atomic E-state index is 0.669. The first-order chi connectivity index (χ1) is 8.20. The van der Waals surface area contributed by atoms with Gasteiger partial charge in [0.2, 0.25) is 0 Å². The molecule has 0 fully saturated rings. The monoisotopic (exact) mass is 246 g/mol. The Labute approximate surface area is 106 Å². The lowest BCUT2D eigenvalue weighted by atomic mass is 10.0. The molecule has 0 amide bonds. The summed E-state index contributed by atoms with van der Waals surface area (Å²) in [4.78, 5) is 0. The topological polar surface area (TPSA) is 52.0 Å². The second kappa shape index (κ2) is 5.21. The summed E-state index contributed by atoms with van der Waals surface area (Å²) in [6.07, 6.45) is 0.899. The number of hydrogen-bond acceptors (Lipinski definition) is 2. The van der Waals surface area contributed by atoms with Gasteiger partial charge in [-0.25, -0.2) is 0 Å². The molecule has 0 aromatic heterocycles. The van der Waals surface area contributed by atoms with Gasteiger partial charge >= 0.3 is 0 Å². The molecule has 0 radical (unpaired) electrons. The summed E-state index contributed by atoms with van der Waals surface area (Å²) in [6.45, 7) is 0.669. The van der Waals surface area contributed by atoms with E-state index >= 15 is 0 Å². The quantitative estimate of drug-likeness (QED) is 0.818. The van der Waals surface area contributed by atoms with Gasteiger partial charge in [0.15, 0.2) is 0 Å². The van der Waals surface area contributed by atoms with Crippen molar-refractivity contribution in [3.05, 3.63) is 53.1 Å². The second-order valence-electron chi connectivity index (χ2n) is 3.97. The van der Waals surface area contributed by atoms with Gasteiger partial charge in [-0.3, -0.25) is 0 Å². The fourth-order valence-electron chi connectivity index (χ4n) is 1.78. The molecule has 2 aromatic rings. The molecule has 0 saturated carbocycles. The van der Waals surface area contributed by atoms with Crippen LogP contribution in [0.5, 0.6) is 0 Å². The van der Waals surface area contributed by atoms with Crippen molar-refractivity contribution in [2.75, 3.05) is 12.3 Å². The van der Waals surface area contributed by atoms with Gasteiger partial charge in [0, 0.05) is 11.3 Å². The van der Waals surface area contributed by atoms with Crippen molar-refractivity contribution in [2.45, 2.75) is 6.42 Å². The lowest BCUT2D eigenvalue weighted by molar-refractivity contribution is 0.969. The fraction of sp³-hybridized carbons (Fsp3) is 0.143. The van der Waals surface area contributed by atoms with Crippen molar-refractivity contribution in [3.8, 4) is 11.1 Å². The van der Waals surface area contributed by atoms with Crippen LogP contribution in [0.1, 0.15) is 5.56 Å². The summed E-state index contributed by atoms with van der Waals surface area (Å²) >= 11 is 6.16. The van der Waals surface area contributed by atoms with Gasteiger partial charge in [-0.1, -0.05) is 41.9 Å². The standard InChI is InChI=1S/C14H15ClN2/c15-14-9-12(17)5-6-13(14)11-3-1-10(2-4-11)7-8-16/h1-6,9H,7-8,16-17H2. The molecule has 2 aromatic carbocycles. The summed E-state index contributed by atoms with van der Waals surface area (Å²) in [5.41, 5.74) is 15.2. The number of rotatable bonds is 3. The van der Waals surface area contributed by atoms with Crippen LogP contribution in [0.15, 0.2) is 42.5 Å². The summed E-state index contributed by atoms with van der Waals surface area (Å²) in [5.74, 6) is 0. The molecule has 0 unspecified atom stereocenters. The molecule has 0 spiro atoms. The van der Waals surface area contributed by atoms with E-state index in [1.165, 1.54) is 5.56 Å². The molecule has 0 bridgehead atoms. The summed E-state index contributed by atoms with van der Waals surface area (Å²) < 4.78 is 0. The van der Waals surface area contributed by atoms with Gasteiger partial charge in [0.05, 0.1) is 5.02 Å². The maximum Gasteiger partial charge on any atom is 0.0504 e. The first kappa shape index (κ1) is 12.0. The predicted molar refractivity (Wildman–Crippen MR) is 74.1 cm³/mol. The molecule has 17 heavy (non-hydrogen) atoms. The van der Waals surface area contributed by atoms with Crippen molar-refractivity contribution in [1.29, 1.82) is 0 Å². The van der Waals surface area contributed by atoms with Crippen LogP contribution in [0.2, 0.25) is 5.02 Å². The molecule has 2 rings (SSSR count). The van der Waals surface area contributed by atoms with Crippen LogP contribution in [0.3, 0.4) is 0 Å². The third-order valence-electron chi connectivity index (χ3n) is 2.69. The van der Waals surface area contributed by atoms with Crippen LogP contribution in [0.25, 0.3) is 11.1 Å². The SMILES string of the molecule is NCCc1ccc(-c2ccc(N)cc2Cl)cc1. The average molecular weight is 247 g/mol. The zero-order valence-corrected chi connectivity index (χ0v) is 10.2. The molecular formula is C14H15ClN2. The molecule has 88 valence electrons. The summed E-state index contributed by atoms with van der Waals surface area (Å²) in [5, 5.41) is 0.677. The van der Waals surface area contributed by atoms with E-state index in [1.807, 2.05) is 12.1 Å². The minimum absolute atomic E-state index is 0.669. The van der Waals surface area contributed by atoms with E-state index in [0.29, 0.717) is 17.3 Å². The van der Waals surface area contributed by atoms with Crippen molar-refractivity contribution < 1.29 is 0 Å². The maximum absolute atomic E-state index is 6.16. The smallest absolute Gasteiger partial charge is 0.0504 e. The van der Waals surface area contributed by atoms with Crippen molar-refractivity contribution in [3.63, 3.8) is 0 Å². The minimum Gasteiger partial charge on any atom is -0.399 e. The molecular weight excluding hydrogens is 232 g/mol. The Balaban J connectivity index is 2.33. The van der Waals surface area contributed by atoms with E-state index in [0.717, 1.165) is 17.5 Å². The van der Waals surface area contributed by atoms with Gasteiger partial charge in [-0.15, -0.1) is 0 Å². The van der Waals surface area contributed by atoms with E-state index in [1.54, 1.807) is 6.07 Å². The van der Waals surface area contributed by atoms with Gasteiger partial charge in [0.1, 0.15) is 0 Å². The van der Waals surface area contributed by atoms with Crippen LogP contribution in [0, 0.1) is 0 Å². The molecule has 0 heterocycles. The van der Waals surface area contributed by atoms with E-state index in [-0.39, 0.29) is 0 Å². The van der Waals surface area contributed by atoms with Crippen LogP contribution in [-0.2, 0) is 6.42 Å². The zero-order chi connectivity index (χ0) is 12.3. The van der Waals surface area contributed by atoms with E-state index in [4.69, 9.17) is 23.1 Å². The average Bonchev–Trinajstić information content (AvgIpc) is 2.31. The van der Waals surface area contributed by atoms with E-state index in [9.17, 15) is 0 Å². The van der Waals surface area contributed by atoms with Crippen LogP contribution >= 0.6 is 11.6 Å². The molecule has 4 N–H and O–H groups in total. The predicted octanol–water partition coefficient (Wildman–Crippen LogP) is 3.09. The highest BCUT2D eigenvalue weighted by molar-refractivity contribution is 6.33. The number of nitrogen functional groups attached to an aromatic ring is 1.